The van der Waals surface area contributed by atoms with Crippen molar-refractivity contribution in [3.8, 4) is 0 Å². The monoisotopic (exact) mass is 440 g/mol. The van der Waals surface area contributed by atoms with Crippen LogP contribution in [0.2, 0.25) is 0 Å². The number of piperidine rings is 1. The fourth-order valence-electron chi connectivity index (χ4n) is 4.83. The van der Waals surface area contributed by atoms with Gasteiger partial charge in [0.1, 0.15) is 5.70 Å². The van der Waals surface area contributed by atoms with Crippen molar-refractivity contribution in [2.75, 3.05) is 52.4 Å². The molecule has 8 nitrogen and oxygen atoms in total. The van der Waals surface area contributed by atoms with Gasteiger partial charge >= 0.3 is 6.09 Å². The lowest BCUT2D eigenvalue weighted by atomic mass is 10.0. The van der Waals surface area contributed by atoms with Gasteiger partial charge in [-0.25, -0.2) is 4.79 Å². The lowest BCUT2D eigenvalue weighted by Gasteiger charge is -2.37. The Hall–Kier alpha value is -2.87. The van der Waals surface area contributed by atoms with Crippen molar-refractivity contribution in [1.29, 1.82) is 0 Å². The highest BCUT2D eigenvalue weighted by atomic mass is 16.6. The van der Waals surface area contributed by atoms with Gasteiger partial charge in [0.2, 0.25) is 0 Å². The molecule has 0 aliphatic carbocycles. The first-order valence-electron chi connectivity index (χ1n) is 11.6. The molecule has 1 aromatic rings. The van der Waals surface area contributed by atoms with Crippen LogP contribution in [0, 0.1) is 0 Å². The molecule has 4 rings (SSSR count). The topological polar surface area (TPSA) is 73.4 Å². The highest BCUT2D eigenvalue weighted by molar-refractivity contribution is 6.35. The van der Waals surface area contributed by atoms with E-state index >= 15 is 0 Å². The van der Waals surface area contributed by atoms with Crippen molar-refractivity contribution in [1.82, 2.24) is 19.6 Å². The van der Waals surface area contributed by atoms with E-state index in [1.54, 1.807) is 11.8 Å². The van der Waals surface area contributed by atoms with Gasteiger partial charge in [0, 0.05) is 45.3 Å². The van der Waals surface area contributed by atoms with Crippen LogP contribution in [0.1, 0.15) is 32.3 Å². The molecular weight excluding hydrogens is 408 g/mol. The summed E-state index contributed by atoms with van der Waals surface area (Å²) in [5.41, 5.74) is 1.82. The maximum atomic E-state index is 13.7. The molecule has 2 saturated heterocycles. The number of imide groups is 1. The molecule has 0 saturated carbocycles. The molecule has 172 valence electrons. The largest absolute Gasteiger partial charge is 0.450 e. The van der Waals surface area contributed by atoms with Crippen LogP contribution in [-0.2, 0) is 14.3 Å². The quantitative estimate of drug-likeness (QED) is 0.653. The molecule has 32 heavy (non-hydrogen) atoms. The summed E-state index contributed by atoms with van der Waals surface area (Å²) in [6.07, 6.45) is 0.799. The molecular formula is C24H32N4O4. The van der Waals surface area contributed by atoms with E-state index in [1.165, 1.54) is 4.90 Å². The summed E-state index contributed by atoms with van der Waals surface area (Å²) in [5, 5.41) is 0. The first-order chi connectivity index (χ1) is 15.5. The molecule has 2 fully saturated rings. The van der Waals surface area contributed by atoms with E-state index in [2.05, 4.69) is 16.7 Å². The van der Waals surface area contributed by atoms with Crippen molar-refractivity contribution in [2.45, 2.75) is 32.7 Å². The van der Waals surface area contributed by atoms with E-state index in [0.29, 0.717) is 43.8 Å². The zero-order valence-electron chi connectivity index (χ0n) is 19.0. The third-order valence-corrected chi connectivity index (χ3v) is 6.64. The predicted molar refractivity (Wildman–Crippen MR) is 121 cm³/mol. The minimum Gasteiger partial charge on any atom is -0.450 e. The number of amides is 3. The van der Waals surface area contributed by atoms with Gasteiger partial charge in [-0.1, -0.05) is 37.3 Å². The average Bonchev–Trinajstić information content (AvgIpc) is 3.09. The Morgan fingerprint density at radius 3 is 2.19 bits per heavy atom. The number of carbonyl (C=O) groups is 3. The van der Waals surface area contributed by atoms with Crippen LogP contribution in [-0.4, -0.2) is 96.0 Å². The number of nitrogens with zero attached hydrogens (tertiary/aromatic N) is 4. The number of piperazine rings is 1. The Bertz CT molecular complexity index is 885. The number of rotatable bonds is 5. The third-order valence-electron chi connectivity index (χ3n) is 6.64. The normalized spacial score (nSPS) is 21.0. The molecule has 0 unspecified atom stereocenters. The van der Waals surface area contributed by atoms with E-state index in [1.807, 2.05) is 30.3 Å². The summed E-state index contributed by atoms with van der Waals surface area (Å²) in [5.74, 6) is -0.419. The third kappa shape index (κ3) is 4.24. The zero-order chi connectivity index (χ0) is 22.7. The van der Waals surface area contributed by atoms with Crippen molar-refractivity contribution in [3.05, 3.63) is 41.6 Å². The maximum Gasteiger partial charge on any atom is 0.409 e. The molecule has 8 heteroatoms. The van der Waals surface area contributed by atoms with Crippen LogP contribution in [0.15, 0.2) is 36.0 Å². The van der Waals surface area contributed by atoms with Gasteiger partial charge in [0.25, 0.3) is 11.8 Å². The minimum atomic E-state index is -0.331. The van der Waals surface area contributed by atoms with Crippen molar-refractivity contribution in [3.63, 3.8) is 0 Å². The Morgan fingerprint density at radius 2 is 1.59 bits per heavy atom. The van der Waals surface area contributed by atoms with Gasteiger partial charge in [-0.3, -0.25) is 14.5 Å². The fraction of sp³-hybridized carbons (Fsp3) is 0.542. The number of hydrogen-bond acceptors (Lipinski definition) is 6. The summed E-state index contributed by atoms with van der Waals surface area (Å²) in [4.78, 5) is 46.8. The molecule has 0 radical (unpaired) electrons. The first kappa shape index (κ1) is 22.3. The smallest absolute Gasteiger partial charge is 0.409 e. The van der Waals surface area contributed by atoms with Gasteiger partial charge in [0.05, 0.1) is 12.2 Å². The van der Waals surface area contributed by atoms with Gasteiger partial charge in [-0.2, -0.15) is 0 Å². The van der Waals surface area contributed by atoms with Gasteiger partial charge in [0.15, 0.2) is 0 Å². The van der Waals surface area contributed by atoms with Crippen LogP contribution < -0.4 is 0 Å². The lowest BCUT2D eigenvalue weighted by molar-refractivity contribution is -0.141. The standard InChI is InChI=1S/C24H32N4O4/c1-3-25-14-16-26(17-15-25)21-20(18-8-6-5-7-9-18)22(29)28(23(21)30)19-10-12-27(13-11-19)24(31)32-4-2/h5-9,19H,3-4,10-17H2,1-2H3. The molecule has 0 atom stereocenters. The highest BCUT2D eigenvalue weighted by Gasteiger charge is 2.46. The van der Waals surface area contributed by atoms with E-state index < -0.39 is 0 Å². The molecule has 0 spiro atoms. The molecule has 3 amide bonds. The number of carbonyl (C=O) groups excluding carboxylic acids is 3. The van der Waals surface area contributed by atoms with Crippen LogP contribution in [0.4, 0.5) is 4.79 Å². The predicted octanol–water partition coefficient (Wildman–Crippen LogP) is 2.02. The van der Waals surface area contributed by atoms with Crippen LogP contribution in [0.5, 0.6) is 0 Å². The summed E-state index contributed by atoms with van der Waals surface area (Å²) >= 11 is 0. The minimum absolute atomic E-state index is 0.201. The highest BCUT2D eigenvalue weighted by Crippen LogP contribution is 2.35. The molecule has 3 heterocycles. The first-order valence-corrected chi connectivity index (χ1v) is 11.6. The lowest BCUT2D eigenvalue weighted by Crippen LogP contribution is -2.51. The summed E-state index contributed by atoms with van der Waals surface area (Å²) in [6, 6.07) is 9.29. The maximum absolute atomic E-state index is 13.7. The van der Waals surface area contributed by atoms with Crippen LogP contribution in [0.3, 0.4) is 0 Å². The molecule has 0 aromatic heterocycles. The number of ether oxygens (including phenoxy) is 1. The molecule has 0 bridgehead atoms. The second kappa shape index (κ2) is 9.73. The number of likely N-dealkylation sites (N-methyl/N-ethyl adjacent to an activating group) is 1. The fourth-order valence-corrected chi connectivity index (χ4v) is 4.83. The molecule has 3 aliphatic heterocycles. The SMILES string of the molecule is CCOC(=O)N1CCC(N2C(=O)C(c3ccccc3)=C(N3CCN(CC)CC3)C2=O)CC1. The number of likely N-dealkylation sites (tertiary alicyclic amines) is 1. The van der Waals surface area contributed by atoms with E-state index in [4.69, 9.17) is 4.74 Å². The van der Waals surface area contributed by atoms with Crippen molar-refractivity contribution >= 4 is 23.5 Å². The van der Waals surface area contributed by atoms with Crippen LogP contribution >= 0.6 is 0 Å². The summed E-state index contributed by atoms with van der Waals surface area (Å²) in [6.45, 7) is 9.41. The Kier molecular flexibility index (Phi) is 6.79. The summed E-state index contributed by atoms with van der Waals surface area (Å²) < 4.78 is 5.09. The Labute approximate surface area is 189 Å². The second-order valence-corrected chi connectivity index (χ2v) is 8.41. The van der Waals surface area contributed by atoms with Crippen LogP contribution in [0.25, 0.3) is 5.57 Å². The number of benzene rings is 1. The summed E-state index contributed by atoms with van der Waals surface area (Å²) in [7, 11) is 0. The number of hydrogen-bond donors (Lipinski definition) is 0. The average molecular weight is 441 g/mol. The Morgan fingerprint density at radius 1 is 0.938 bits per heavy atom. The van der Waals surface area contributed by atoms with Gasteiger partial charge in [-0.05, 0) is 31.9 Å². The van der Waals surface area contributed by atoms with Gasteiger partial charge in [-0.15, -0.1) is 0 Å². The van der Waals surface area contributed by atoms with E-state index in [-0.39, 0.29) is 23.9 Å². The molecule has 1 aromatic carbocycles. The van der Waals surface area contributed by atoms with Gasteiger partial charge < -0.3 is 19.4 Å². The second-order valence-electron chi connectivity index (χ2n) is 8.41. The van der Waals surface area contributed by atoms with Crippen molar-refractivity contribution < 1.29 is 19.1 Å². The van der Waals surface area contributed by atoms with E-state index in [9.17, 15) is 14.4 Å². The zero-order valence-corrected chi connectivity index (χ0v) is 19.0. The van der Waals surface area contributed by atoms with E-state index in [0.717, 1.165) is 38.3 Å². The Balaban J connectivity index is 1.57. The molecule has 3 aliphatic rings. The van der Waals surface area contributed by atoms with Crippen molar-refractivity contribution in [2.24, 2.45) is 0 Å². The molecule has 0 N–H and O–H groups in total.